The van der Waals surface area contributed by atoms with E-state index in [0.717, 1.165) is 10.9 Å². The maximum Gasteiger partial charge on any atom is 0.325 e. The number of anilines is 1. The van der Waals surface area contributed by atoms with Crippen LogP contribution >= 0.6 is 11.6 Å². The molecule has 2 aliphatic heterocycles. The Morgan fingerprint density at radius 3 is 2.73 bits per heavy atom. The van der Waals surface area contributed by atoms with Crippen molar-refractivity contribution in [3.63, 3.8) is 0 Å². The minimum atomic E-state index is -1.10. The molecule has 10 heteroatoms. The number of H-pyrrole nitrogens is 1. The van der Waals surface area contributed by atoms with E-state index < -0.39 is 17.2 Å². The van der Waals surface area contributed by atoms with Crippen LogP contribution in [0.25, 0.3) is 10.9 Å². The number of ether oxygens (including phenoxy) is 1. The number of rotatable bonds is 3. The van der Waals surface area contributed by atoms with E-state index in [9.17, 15) is 18.8 Å². The molecule has 8 nitrogen and oxygen atoms in total. The lowest BCUT2D eigenvalue weighted by atomic mass is 9.73. The number of hydrogen-bond donors (Lipinski definition) is 1. The number of carbonyl (C=O) groups excluding carboxylic acids is 3. The first-order valence-corrected chi connectivity index (χ1v) is 10.8. The minimum Gasteiger partial charge on any atom is -0.468 e. The summed E-state index contributed by atoms with van der Waals surface area (Å²) in [6, 6.07) is 7.94. The molecule has 0 unspecified atom stereocenters. The van der Waals surface area contributed by atoms with E-state index in [1.54, 1.807) is 29.3 Å². The second-order valence-corrected chi connectivity index (χ2v) is 8.65. The van der Waals surface area contributed by atoms with Gasteiger partial charge in [-0.2, -0.15) is 5.10 Å². The van der Waals surface area contributed by atoms with Gasteiger partial charge >= 0.3 is 5.97 Å². The number of nitrogens with one attached hydrogen (secondary N) is 1. The lowest BCUT2D eigenvalue weighted by Gasteiger charge is -2.38. The fraction of sp³-hybridized carbons (Fsp3) is 0.304. The van der Waals surface area contributed by atoms with E-state index in [2.05, 4.69) is 10.2 Å². The molecule has 0 atom stereocenters. The molecule has 2 aromatic carbocycles. The first-order chi connectivity index (χ1) is 15.9. The molecule has 2 amide bonds. The fourth-order valence-corrected chi connectivity index (χ4v) is 5.20. The van der Waals surface area contributed by atoms with Crippen LogP contribution in [-0.4, -0.2) is 59.6 Å². The van der Waals surface area contributed by atoms with Crippen molar-refractivity contribution in [3.05, 3.63) is 58.5 Å². The molecule has 1 saturated heterocycles. The first kappa shape index (κ1) is 21.4. The zero-order chi connectivity index (χ0) is 23.3. The highest BCUT2D eigenvalue weighted by molar-refractivity contribution is 6.33. The highest BCUT2D eigenvalue weighted by Crippen LogP contribution is 2.51. The third-order valence-corrected chi connectivity index (χ3v) is 6.97. The quantitative estimate of drug-likeness (QED) is 0.593. The van der Waals surface area contributed by atoms with Crippen molar-refractivity contribution < 1.29 is 23.5 Å². The Balaban J connectivity index is 1.44. The zero-order valence-corrected chi connectivity index (χ0v) is 18.5. The number of esters is 1. The minimum absolute atomic E-state index is 0.126. The van der Waals surface area contributed by atoms with Gasteiger partial charge in [-0.05, 0) is 43.2 Å². The predicted molar refractivity (Wildman–Crippen MR) is 119 cm³/mol. The largest absolute Gasteiger partial charge is 0.468 e. The van der Waals surface area contributed by atoms with Gasteiger partial charge in [-0.1, -0.05) is 11.6 Å². The number of hydrogen-bond acceptors (Lipinski definition) is 5. The van der Waals surface area contributed by atoms with Gasteiger partial charge in [0.2, 0.25) is 5.91 Å². The highest BCUT2D eigenvalue weighted by Gasteiger charge is 2.54. The summed E-state index contributed by atoms with van der Waals surface area (Å²) in [5, 5.41) is 7.53. The van der Waals surface area contributed by atoms with Crippen molar-refractivity contribution in [1.82, 2.24) is 15.1 Å². The second kappa shape index (κ2) is 7.84. The molecule has 0 aliphatic carbocycles. The summed E-state index contributed by atoms with van der Waals surface area (Å²) in [5.41, 5.74) is 1.04. The Kier molecular flexibility index (Phi) is 5.08. The second-order valence-electron chi connectivity index (χ2n) is 8.27. The van der Waals surface area contributed by atoms with Crippen molar-refractivity contribution >= 4 is 46.0 Å². The molecular weight excluding hydrogens is 451 g/mol. The van der Waals surface area contributed by atoms with Crippen LogP contribution in [-0.2, 0) is 19.7 Å². The van der Waals surface area contributed by atoms with Crippen LogP contribution < -0.4 is 4.90 Å². The molecule has 3 heterocycles. The van der Waals surface area contributed by atoms with Crippen LogP contribution in [0, 0.1) is 5.82 Å². The Hall–Kier alpha value is -3.46. The van der Waals surface area contributed by atoms with E-state index >= 15 is 0 Å². The number of nitrogens with zero attached hydrogens (tertiary/aromatic N) is 3. The third-order valence-electron chi connectivity index (χ3n) is 6.60. The van der Waals surface area contributed by atoms with Crippen molar-refractivity contribution in [2.45, 2.75) is 18.3 Å². The molecule has 170 valence electrons. The van der Waals surface area contributed by atoms with E-state index in [0.29, 0.717) is 16.8 Å². The van der Waals surface area contributed by atoms with Crippen LogP contribution in [0.4, 0.5) is 10.1 Å². The normalized spacial score (nSPS) is 17.0. The van der Waals surface area contributed by atoms with Gasteiger partial charge in [0.25, 0.3) is 5.91 Å². The van der Waals surface area contributed by atoms with Gasteiger partial charge in [-0.25, -0.2) is 4.39 Å². The van der Waals surface area contributed by atoms with Gasteiger partial charge < -0.3 is 14.5 Å². The maximum atomic E-state index is 14.4. The number of methoxy groups -OCH3 is 1. The van der Waals surface area contributed by atoms with Crippen molar-refractivity contribution in [1.29, 1.82) is 0 Å². The van der Waals surface area contributed by atoms with Crippen molar-refractivity contribution in [2.75, 3.05) is 31.6 Å². The SMILES string of the molecule is COC(=O)CN1C(=O)C2(CCN(C(=O)c3ccc4[nH]ncc4c3)CC2)c2c1ccc(F)c2Cl. The standard InChI is InChI=1S/C23H20ClFN4O4/c1-33-18(30)12-29-17-5-3-15(25)20(24)19(17)23(22(29)32)6-8-28(9-7-23)21(31)13-2-4-16-14(10-13)11-26-27-16/h2-5,10-11H,6-9,12H2,1H3,(H,26,27). The van der Waals surface area contributed by atoms with E-state index in [1.807, 2.05) is 0 Å². The van der Waals surface area contributed by atoms with Gasteiger partial charge in [0, 0.05) is 29.6 Å². The van der Waals surface area contributed by atoms with E-state index in [1.165, 1.54) is 24.1 Å². The van der Waals surface area contributed by atoms with Crippen molar-refractivity contribution in [3.8, 4) is 0 Å². The van der Waals surface area contributed by atoms with Gasteiger partial charge in [-0.3, -0.25) is 19.5 Å². The number of halogens is 2. The Bertz CT molecular complexity index is 1300. The van der Waals surface area contributed by atoms with Gasteiger partial charge in [0.1, 0.15) is 12.4 Å². The summed E-state index contributed by atoms with van der Waals surface area (Å²) in [6.45, 7) is 0.276. The summed E-state index contributed by atoms with van der Waals surface area (Å²) in [6.07, 6.45) is 2.18. The first-order valence-electron chi connectivity index (χ1n) is 10.5. The number of fused-ring (bicyclic) bond motifs is 3. The summed E-state index contributed by atoms with van der Waals surface area (Å²) < 4.78 is 19.1. The Labute approximate surface area is 193 Å². The Morgan fingerprint density at radius 2 is 2.00 bits per heavy atom. The monoisotopic (exact) mass is 470 g/mol. The molecule has 0 radical (unpaired) electrons. The molecule has 1 aromatic heterocycles. The number of likely N-dealkylation sites (tertiary alicyclic amines) is 1. The number of aromatic nitrogens is 2. The smallest absolute Gasteiger partial charge is 0.325 e. The lowest BCUT2D eigenvalue weighted by molar-refractivity contribution is -0.140. The highest BCUT2D eigenvalue weighted by atomic mass is 35.5. The number of amides is 2. The van der Waals surface area contributed by atoms with Gasteiger partial charge in [-0.15, -0.1) is 0 Å². The fourth-order valence-electron chi connectivity index (χ4n) is 4.86. The molecular formula is C23H20ClFN4O4. The summed E-state index contributed by atoms with van der Waals surface area (Å²) in [5.74, 6) is -1.71. The number of aromatic amines is 1. The lowest BCUT2D eigenvalue weighted by Crippen LogP contribution is -2.50. The van der Waals surface area contributed by atoms with E-state index in [4.69, 9.17) is 16.3 Å². The van der Waals surface area contributed by atoms with Crippen molar-refractivity contribution in [2.24, 2.45) is 0 Å². The summed E-state index contributed by atoms with van der Waals surface area (Å²) in [4.78, 5) is 41.6. The molecule has 1 N–H and O–H groups in total. The average molecular weight is 471 g/mol. The van der Waals surface area contributed by atoms with Crippen LogP contribution in [0.15, 0.2) is 36.5 Å². The molecule has 0 saturated carbocycles. The molecule has 3 aromatic rings. The number of carbonyl (C=O) groups is 3. The molecule has 5 rings (SSSR count). The van der Waals surface area contributed by atoms with Crippen LogP contribution in [0.1, 0.15) is 28.8 Å². The van der Waals surface area contributed by atoms with Crippen LogP contribution in [0.2, 0.25) is 5.02 Å². The third kappa shape index (κ3) is 3.26. The summed E-state index contributed by atoms with van der Waals surface area (Å²) in [7, 11) is 1.24. The Morgan fingerprint density at radius 1 is 1.24 bits per heavy atom. The summed E-state index contributed by atoms with van der Waals surface area (Å²) >= 11 is 6.34. The van der Waals surface area contributed by atoms with Gasteiger partial charge in [0.05, 0.1) is 34.9 Å². The maximum absolute atomic E-state index is 14.4. The predicted octanol–water partition coefficient (Wildman–Crippen LogP) is 3.05. The molecule has 2 aliphatic rings. The number of benzene rings is 2. The van der Waals surface area contributed by atoms with Gasteiger partial charge in [0.15, 0.2) is 0 Å². The number of piperidine rings is 1. The zero-order valence-electron chi connectivity index (χ0n) is 17.7. The molecule has 0 bridgehead atoms. The molecule has 33 heavy (non-hydrogen) atoms. The van der Waals surface area contributed by atoms with Crippen LogP contribution in [0.3, 0.4) is 0 Å². The average Bonchev–Trinajstić information content (AvgIpc) is 3.38. The van der Waals surface area contributed by atoms with E-state index in [-0.39, 0.29) is 49.3 Å². The molecule has 1 fully saturated rings. The molecule has 1 spiro atoms. The van der Waals surface area contributed by atoms with Crippen LogP contribution in [0.5, 0.6) is 0 Å². The topological polar surface area (TPSA) is 95.6 Å².